The molecule has 7 nitrogen and oxygen atoms in total. The number of aromatic hydroxyl groups is 1. The summed E-state index contributed by atoms with van der Waals surface area (Å²) in [5.74, 6) is 1.20. The van der Waals surface area contributed by atoms with Crippen LogP contribution in [0.15, 0.2) is 55.7 Å². The third kappa shape index (κ3) is 5.03. The largest absolute Gasteiger partial charge is 0.506 e. The van der Waals surface area contributed by atoms with E-state index in [1.54, 1.807) is 18.3 Å². The van der Waals surface area contributed by atoms with Gasteiger partial charge < -0.3 is 5.11 Å². The molecule has 0 unspecified atom stereocenters. The van der Waals surface area contributed by atoms with E-state index in [9.17, 15) is 5.11 Å². The molecular weight excluding hydrogens is 472 g/mol. The van der Waals surface area contributed by atoms with Crippen molar-refractivity contribution in [3.05, 3.63) is 56.7 Å². The zero-order chi connectivity index (χ0) is 17.6. The minimum absolute atomic E-state index is 0.109. The first-order chi connectivity index (χ1) is 12.1. The van der Waals surface area contributed by atoms with Crippen LogP contribution in [0.25, 0.3) is 0 Å². The summed E-state index contributed by atoms with van der Waals surface area (Å²) in [6.45, 7) is 0. The van der Waals surface area contributed by atoms with Crippen LogP contribution in [-0.2, 0) is 5.75 Å². The summed E-state index contributed by atoms with van der Waals surface area (Å²) in [6.07, 6.45) is 3.25. The van der Waals surface area contributed by atoms with Gasteiger partial charge in [-0.15, -0.1) is 5.10 Å². The Kier molecular flexibility index (Phi) is 6.05. The predicted molar refractivity (Wildman–Crippen MR) is 105 cm³/mol. The van der Waals surface area contributed by atoms with E-state index in [1.165, 1.54) is 18.0 Å². The number of aromatic nitrogens is 4. The summed E-state index contributed by atoms with van der Waals surface area (Å²) in [6, 6.07) is 9.27. The number of halogens is 2. The highest BCUT2D eigenvalue weighted by atomic mass is 79.9. The molecule has 3 aromatic rings. The maximum absolute atomic E-state index is 9.97. The van der Waals surface area contributed by atoms with Crippen molar-refractivity contribution in [1.29, 1.82) is 0 Å². The zero-order valence-electron chi connectivity index (χ0n) is 12.6. The lowest BCUT2D eigenvalue weighted by Crippen LogP contribution is -1.93. The number of nitrogens with zero attached hydrogens (tertiary/aromatic N) is 4. The van der Waals surface area contributed by atoms with Crippen molar-refractivity contribution in [2.45, 2.75) is 10.9 Å². The fourth-order valence-corrected chi connectivity index (χ4v) is 3.80. The van der Waals surface area contributed by atoms with Gasteiger partial charge in [-0.2, -0.15) is 10.1 Å². The van der Waals surface area contributed by atoms with Crippen LogP contribution in [0.2, 0.25) is 0 Å². The second kappa shape index (κ2) is 8.45. The average molecular weight is 484 g/mol. The van der Waals surface area contributed by atoms with E-state index in [4.69, 9.17) is 0 Å². The quantitative estimate of drug-likeness (QED) is 0.276. The van der Waals surface area contributed by atoms with Crippen LogP contribution in [0.3, 0.4) is 0 Å². The van der Waals surface area contributed by atoms with E-state index >= 15 is 0 Å². The number of aromatic amines is 1. The normalized spacial score (nSPS) is 11.1. The van der Waals surface area contributed by atoms with Gasteiger partial charge in [0.15, 0.2) is 0 Å². The molecule has 25 heavy (non-hydrogen) atoms. The summed E-state index contributed by atoms with van der Waals surface area (Å²) >= 11 is 8.11. The lowest BCUT2D eigenvalue weighted by molar-refractivity contribution is 0.471. The van der Waals surface area contributed by atoms with Crippen LogP contribution >= 0.6 is 43.6 Å². The fraction of sp³-hybridized carbons (Fsp3) is 0.0667. The first-order valence-corrected chi connectivity index (χ1v) is 9.61. The number of hydrogen-bond acceptors (Lipinski definition) is 7. The van der Waals surface area contributed by atoms with E-state index in [0.717, 1.165) is 10.2 Å². The second-order valence-electron chi connectivity index (χ2n) is 4.77. The number of benzene rings is 1. The highest BCUT2D eigenvalue weighted by Gasteiger charge is 2.06. The highest BCUT2D eigenvalue weighted by molar-refractivity contribution is 9.11. The topological polar surface area (TPSA) is 99.1 Å². The monoisotopic (exact) mass is 482 g/mol. The summed E-state index contributed by atoms with van der Waals surface area (Å²) in [7, 11) is 0. The smallest absolute Gasteiger partial charge is 0.240 e. The lowest BCUT2D eigenvalue weighted by atomic mass is 10.2. The molecule has 0 fully saturated rings. The Morgan fingerprint density at radius 1 is 1.32 bits per heavy atom. The summed E-state index contributed by atoms with van der Waals surface area (Å²) in [5, 5.41) is 21.5. The Morgan fingerprint density at radius 2 is 2.20 bits per heavy atom. The number of phenolic OH excluding ortho intramolecular Hbond substituents is 1. The molecule has 2 heterocycles. The van der Waals surface area contributed by atoms with Crippen molar-refractivity contribution in [3.63, 3.8) is 0 Å². The van der Waals surface area contributed by atoms with Crippen LogP contribution in [0.1, 0.15) is 11.3 Å². The first-order valence-electron chi connectivity index (χ1n) is 7.04. The van der Waals surface area contributed by atoms with E-state index in [0.29, 0.717) is 26.9 Å². The highest BCUT2D eigenvalue weighted by Crippen LogP contribution is 2.30. The minimum Gasteiger partial charge on any atom is -0.506 e. The summed E-state index contributed by atoms with van der Waals surface area (Å²) in [5.41, 5.74) is 4.26. The number of phenols is 1. The molecule has 0 amide bonds. The van der Waals surface area contributed by atoms with Crippen molar-refractivity contribution in [1.82, 2.24) is 20.2 Å². The molecule has 0 atom stereocenters. The van der Waals surface area contributed by atoms with Gasteiger partial charge in [0.25, 0.3) is 0 Å². The van der Waals surface area contributed by atoms with Crippen molar-refractivity contribution in [3.8, 4) is 5.75 Å². The minimum atomic E-state index is 0.109. The van der Waals surface area contributed by atoms with Crippen LogP contribution in [0.4, 0.5) is 5.95 Å². The Balaban J connectivity index is 1.58. The predicted octanol–water partition coefficient (Wildman–Crippen LogP) is 4.17. The number of thioether (sulfide) groups is 1. The van der Waals surface area contributed by atoms with Gasteiger partial charge in [-0.1, -0.05) is 33.8 Å². The first kappa shape index (κ1) is 17.9. The number of H-pyrrole nitrogens is 1. The Bertz CT molecular complexity index is 887. The van der Waals surface area contributed by atoms with Gasteiger partial charge in [0.1, 0.15) is 5.75 Å². The van der Waals surface area contributed by atoms with Gasteiger partial charge >= 0.3 is 0 Å². The van der Waals surface area contributed by atoms with E-state index < -0.39 is 0 Å². The maximum atomic E-state index is 9.97. The SMILES string of the molecule is Oc1c(Br)cc(Br)cc1/C=N/Nc1nc(SCc2ccccn2)n[nH]1. The summed E-state index contributed by atoms with van der Waals surface area (Å²) in [4.78, 5) is 8.53. The molecule has 0 bridgehead atoms. The number of rotatable bonds is 6. The van der Waals surface area contributed by atoms with Gasteiger partial charge in [-0.3, -0.25) is 4.98 Å². The fourth-order valence-electron chi connectivity index (χ4n) is 1.83. The third-order valence-corrected chi connectivity index (χ3v) is 4.92. The number of anilines is 1. The average Bonchev–Trinajstić information content (AvgIpc) is 3.06. The lowest BCUT2D eigenvalue weighted by Gasteiger charge is -2.02. The molecule has 10 heteroatoms. The van der Waals surface area contributed by atoms with Crippen molar-refractivity contribution in [2.24, 2.45) is 5.10 Å². The maximum Gasteiger partial charge on any atom is 0.240 e. The standard InChI is InChI=1S/C15H12Br2N6OS/c16-10-5-9(13(24)12(17)6-10)7-19-21-14-20-15(23-22-14)25-8-11-3-1-2-4-18-11/h1-7,24H,8H2,(H2,20,21,22,23)/b19-7+. The van der Waals surface area contributed by atoms with E-state index in [1.807, 2.05) is 18.2 Å². The molecule has 0 radical (unpaired) electrons. The third-order valence-electron chi connectivity index (χ3n) is 2.97. The second-order valence-corrected chi connectivity index (χ2v) is 7.48. The van der Waals surface area contributed by atoms with Gasteiger partial charge in [0.2, 0.25) is 11.1 Å². The molecule has 1 aromatic carbocycles. The van der Waals surface area contributed by atoms with Gasteiger partial charge in [0.05, 0.1) is 16.4 Å². The van der Waals surface area contributed by atoms with Gasteiger partial charge in [-0.25, -0.2) is 10.5 Å². The molecule has 0 aliphatic heterocycles. The van der Waals surface area contributed by atoms with Crippen molar-refractivity contribution >= 4 is 55.8 Å². The van der Waals surface area contributed by atoms with Crippen LogP contribution in [-0.4, -0.2) is 31.5 Å². The van der Waals surface area contributed by atoms with Gasteiger partial charge in [0, 0.05) is 22.0 Å². The molecule has 0 aliphatic carbocycles. The molecule has 2 aromatic heterocycles. The zero-order valence-corrected chi connectivity index (χ0v) is 16.6. The molecule has 0 aliphatic rings. The van der Waals surface area contributed by atoms with Crippen molar-refractivity contribution < 1.29 is 5.11 Å². The molecular formula is C15H12Br2N6OS. The molecule has 0 saturated carbocycles. The van der Waals surface area contributed by atoms with Crippen LogP contribution < -0.4 is 5.43 Å². The Labute approximate surface area is 164 Å². The summed E-state index contributed by atoms with van der Waals surface area (Å²) < 4.78 is 1.41. The number of hydrogen-bond donors (Lipinski definition) is 3. The Morgan fingerprint density at radius 3 is 3.00 bits per heavy atom. The number of nitrogens with one attached hydrogen (secondary N) is 2. The molecule has 3 N–H and O–H groups in total. The molecule has 128 valence electrons. The molecule has 0 spiro atoms. The van der Waals surface area contributed by atoms with Gasteiger partial charge in [-0.05, 0) is 40.2 Å². The number of pyridine rings is 1. The Hall–Kier alpha value is -1.91. The van der Waals surface area contributed by atoms with E-state index in [-0.39, 0.29) is 5.75 Å². The van der Waals surface area contributed by atoms with E-state index in [2.05, 4.69) is 62.6 Å². The van der Waals surface area contributed by atoms with Crippen LogP contribution in [0.5, 0.6) is 5.75 Å². The molecule has 3 rings (SSSR count). The van der Waals surface area contributed by atoms with Crippen LogP contribution in [0, 0.1) is 0 Å². The van der Waals surface area contributed by atoms with Crippen molar-refractivity contribution in [2.75, 3.05) is 5.43 Å². The number of hydrazone groups is 1. The molecule has 0 saturated heterocycles.